The molecule has 4 nitrogen and oxygen atoms in total. The molecule has 1 atom stereocenters. The van der Waals surface area contributed by atoms with E-state index in [1.807, 2.05) is 0 Å². The van der Waals surface area contributed by atoms with Crippen LogP contribution in [0.1, 0.15) is 46.0 Å². The second-order valence-corrected chi connectivity index (χ2v) is 6.23. The average molecular weight is 281 g/mol. The molecule has 2 aliphatic rings. The molecule has 0 aromatic carbocycles. The molecule has 1 amide bonds. The van der Waals surface area contributed by atoms with E-state index in [9.17, 15) is 4.79 Å². The number of nitrogens with zero attached hydrogens (tertiary/aromatic N) is 2. The van der Waals surface area contributed by atoms with Crippen molar-refractivity contribution in [3.8, 4) is 0 Å². The predicted molar refractivity (Wildman–Crippen MR) is 82.7 cm³/mol. The minimum atomic E-state index is 0.384. The Morgan fingerprint density at radius 2 is 1.90 bits per heavy atom. The van der Waals surface area contributed by atoms with Crippen LogP contribution < -0.4 is 5.32 Å². The van der Waals surface area contributed by atoms with Crippen LogP contribution in [0.5, 0.6) is 0 Å². The molecule has 0 aromatic rings. The fourth-order valence-corrected chi connectivity index (χ4v) is 3.67. The van der Waals surface area contributed by atoms with E-state index in [1.165, 1.54) is 6.42 Å². The standard InChI is InChI=1S/C16H31N3O/c1-3-18(4-2)15-8-11-19(12-9-15)16(20)6-5-14-7-10-17-13-14/h14-15,17H,3-13H2,1-2H3. The Bertz CT molecular complexity index is 290. The summed E-state index contributed by atoms with van der Waals surface area (Å²) >= 11 is 0. The zero-order valence-corrected chi connectivity index (χ0v) is 13.2. The third-order valence-corrected chi connectivity index (χ3v) is 5.07. The molecule has 1 unspecified atom stereocenters. The van der Waals surface area contributed by atoms with Gasteiger partial charge in [0.05, 0.1) is 0 Å². The van der Waals surface area contributed by atoms with Gasteiger partial charge in [-0.1, -0.05) is 13.8 Å². The summed E-state index contributed by atoms with van der Waals surface area (Å²) in [5, 5.41) is 3.38. The van der Waals surface area contributed by atoms with E-state index in [1.54, 1.807) is 0 Å². The van der Waals surface area contributed by atoms with Gasteiger partial charge in [0.2, 0.25) is 5.91 Å². The third kappa shape index (κ3) is 4.19. The first-order valence-corrected chi connectivity index (χ1v) is 8.47. The van der Waals surface area contributed by atoms with Crippen molar-refractivity contribution in [2.75, 3.05) is 39.3 Å². The smallest absolute Gasteiger partial charge is 0.222 e. The Morgan fingerprint density at radius 3 is 2.45 bits per heavy atom. The summed E-state index contributed by atoms with van der Waals surface area (Å²) in [4.78, 5) is 16.9. The molecule has 0 bridgehead atoms. The van der Waals surface area contributed by atoms with Gasteiger partial charge in [0, 0.05) is 25.6 Å². The third-order valence-electron chi connectivity index (χ3n) is 5.07. The van der Waals surface area contributed by atoms with Gasteiger partial charge >= 0.3 is 0 Å². The number of carbonyl (C=O) groups is 1. The van der Waals surface area contributed by atoms with Crippen molar-refractivity contribution < 1.29 is 4.79 Å². The Morgan fingerprint density at radius 1 is 1.20 bits per heavy atom. The normalized spacial score (nSPS) is 24.6. The molecule has 0 radical (unpaired) electrons. The molecule has 116 valence electrons. The molecule has 2 fully saturated rings. The van der Waals surface area contributed by atoms with Crippen LogP contribution in [0.4, 0.5) is 0 Å². The van der Waals surface area contributed by atoms with Crippen molar-refractivity contribution in [2.45, 2.75) is 52.0 Å². The molecular formula is C16H31N3O. The molecule has 2 aliphatic heterocycles. The second kappa shape index (κ2) is 7.99. The Kier molecular flexibility index (Phi) is 6.30. The fourth-order valence-electron chi connectivity index (χ4n) is 3.67. The Labute approximate surface area is 123 Å². The first kappa shape index (κ1) is 15.8. The molecule has 0 saturated carbocycles. The summed E-state index contributed by atoms with van der Waals surface area (Å²) < 4.78 is 0. The lowest BCUT2D eigenvalue weighted by molar-refractivity contribution is -0.133. The maximum Gasteiger partial charge on any atom is 0.222 e. The number of nitrogens with one attached hydrogen (secondary N) is 1. The van der Waals surface area contributed by atoms with E-state index >= 15 is 0 Å². The highest BCUT2D eigenvalue weighted by Crippen LogP contribution is 2.19. The van der Waals surface area contributed by atoms with Gasteiger partial charge in [-0.15, -0.1) is 0 Å². The highest BCUT2D eigenvalue weighted by molar-refractivity contribution is 5.76. The van der Waals surface area contributed by atoms with Crippen molar-refractivity contribution in [1.29, 1.82) is 0 Å². The molecule has 2 heterocycles. The summed E-state index contributed by atoms with van der Waals surface area (Å²) in [5.74, 6) is 1.11. The van der Waals surface area contributed by atoms with E-state index in [0.717, 1.165) is 70.9 Å². The first-order valence-electron chi connectivity index (χ1n) is 8.47. The second-order valence-electron chi connectivity index (χ2n) is 6.23. The van der Waals surface area contributed by atoms with Crippen LogP contribution in [0.3, 0.4) is 0 Å². The molecule has 0 aliphatic carbocycles. The lowest BCUT2D eigenvalue weighted by atomic mass is 10.00. The van der Waals surface area contributed by atoms with E-state index in [4.69, 9.17) is 0 Å². The molecule has 0 spiro atoms. The minimum absolute atomic E-state index is 0.384. The lowest BCUT2D eigenvalue weighted by Gasteiger charge is -2.37. The molecule has 4 heteroatoms. The largest absolute Gasteiger partial charge is 0.343 e. The van der Waals surface area contributed by atoms with Crippen LogP contribution in [-0.4, -0.2) is 61.0 Å². The molecule has 2 saturated heterocycles. The van der Waals surface area contributed by atoms with Crippen molar-refractivity contribution in [1.82, 2.24) is 15.1 Å². The van der Waals surface area contributed by atoms with E-state index in [2.05, 4.69) is 29.0 Å². The van der Waals surface area contributed by atoms with E-state index < -0.39 is 0 Å². The number of piperidine rings is 1. The highest BCUT2D eigenvalue weighted by atomic mass is 16.2. The van der Waals surface area contributed by atoms with E-state index in [-0.39, 0.29) is 0 Å². The molecule has 2 rings (SSSR count). The van der Waals surface area contributed by atoms with Gasteiger partial charge in [-0.05, 0) is 57.8 Å². The quantitative estimate of drug-likeness (QED) is 0.805. The highest BCUT2D eigenvalue weighted by Gasteiger charge is 2.26. The average Bonchev–Trinajstić information content (AvgIpc) is 3.00. The van der Waals surface area contributed by atoms with Crippen molar-refractivity contribution >= 4 is 5.91 Å². The monoisotopic (exact) mass is 281 g/mol. The first-order chi connectivity index (χ1) is 9.74. The Balaban J connectivity index is 1.68. The summed E-state index contributed by atoms with van der Waals surface area (Å²) in [6.07, 6.45) is 5.37. The van der Waals surface area contributed by atoms with E-state index in [0.29, 0.717) is 11.9 Å². The molecule has 1 N–H and O–H groups in total. The number of hydrogen-bond donors (Lipinski definition) is 1. The van der Waals surface area contributed by atoms with Crippen LogP contribution in [-0.2, 0) is 4.79 Å². The van der Waals surface area contributed by atoms with Crippen LogP contribution >= 0.6 is 0 Å². The maximum atomic E-state index is 12.3. The number of likely N-dealkylation sites (tertiary alicyclic amines) is 1. The minimum Gasteiger partial charge on any atom is -0.343 e. The molecule has 0 aromatic heterocycles. The number of amides is 1. The van der Waals surface area contributed by atoms with Crippen LogP contribution in [0, 0.1) is 5.92 Å². The fraction of sp³-hybridized carbons (Fsp3) is 0.938. The zero-order chi connectivity index (χ0) is 14.4. The summed E-state index contributed by atoms with van der Waals surface area (Å²) in [5.41, 5.74) is 0. The SMILES string of the molecule is CCN(CC)C1CCN(C(=O)CCC2CCNC2)CC1. The molecular weight excluding hydrogens is 250 g/mol. The van der Waals surface area contributed by atoms with Gasteiger partial charge in [-0.25, -0.2) is 0 Å². The van der Waals surface area contributed by atoms with Gasteiger partial charge in [0.15, 0.2) is 0 Å². The van der Waals surface area contributed by atoms with Crippen LogP contribution in [0.25, 0.3) is 0 Å². The van der Waals surface area contributed by atoms with Gasteiger partial charge in [0.1, 0.15) is 0 Å². The predicted octanol–water partition coefficient (Wildman–Crippen LogP) is 1.71. The topological polar surface area (TPSA) is 35.6 Å². The van der Waals surface area contributed by atoms with Gasteiger partial charge in [-0.2, -0.15) is 0 Å². The van der Waals surface area contributed by atoms with Crippen molar-refractivity contribution in [3.63, 3.8) is 0 Å². The van der Waals surface area contributed by atoms with Gasteiger partial charge in [-0.3, -0.25) is 4.79 Å². The van der Waals surface area contributed by atoms with Crippen molar-refractivity contribution in [2.24, 2.45) is 5.92 Å². The van der Waals surface area contributed by atoms with Gasteiger partial charge in [0.25, 0.3) is 0 Å². The van der Waals surface area contributed by atoms with Crippen LogP contribution in [0.2, 0.25) is 0 Å². The lowest BCUT2D eigenvalue weighted by Crippen LogP contribution is -2.46. The van der Waals surface area contributed by atoms with Gasteiger partial charge < -0.3 is 15.1 Å². The van der Waals surface area contributed by atoms with Crippen molar-refractivity contribution in [3.05, 3.63) is 0 Å². The number of hydrogen-bond acceptors (Lipinski definition) is 3. The number of rotatable bonds is 6. The summed E-state index contributed by atoms with van der Waals surface area (Å²) in [7, 11) is 0. The number of carbonyl (C=O) groups excluding carboxylic acids is 1. The zero-order valence-electron chi connectivity index (χ0n) is 13.2. The molecule has 20 heavy (non-hydrogen) atoms. The Hall–Kier alpha value is -0.610. The maximum absolute atomic E-state index is 12.3. The van der Waals surface area contributed by atoms with Crippen LogP contribution in [0.15, 0.2) is 0 Å². The summed E-state index contributed by atoms with van der Waals surface area (Å²) in [6.45, 7) is 10.9. The summed E-state index contributed by atoms with van der Waals surface area (Å²) in [6, 6.07) is 0.688.